The highest BCUT2D eigenvalue weighted by atomic mass is 16.5. The second-order valence-electron chi connectivity index (χ2n) is 5.50. The van der Waals surface area contributed by atoms with Gasteiger partial charge in [-0.05, 0) is 42.9 Å². The summed E-state index contributed by atoms with van der Waals surface area (Å²) in [6.07, 6.45) is 5.38. The molecule has 0 bridgehead atoms. The molecule has 0 radical (unpaired) electrons. The van der Waals surface area contributed by atoms with E-state index in [1.807, 2.05) is 25.1 Å². The van der Waals surface area contributed by atoms with Crippen LogP contribution in [0.15, 0.2) is 36.7 Å². The Bertz CT molecular complexity index is 567. The van der Waals surface area contributed by atoms with Crippen molar-refractivity contribution < 1.29 is 4.74 Å². The van der Waals surface area contributed by atoms with E-state index >= 15 is 0 Å². The molecule has 1 heterocycles. The van der Waals surface area contributed by atoms with Crippen LogP contribution < -0.4 is 10.5 Å². The zero-order valence-electron chi connectivity index (χ0n) is 12.9. The molecule has 112 valence electrons. The predicted molar refractivity (Wildman–Crippen MR) is 84.6 cm³/mol. The highest BCUT2D eigenvalue weighted by molar-refractivity contribution is 5.37. The molecule has 0 spiro atoms. The van der Waals surface area contributed by atoms with Gasteiger partial charge in [-0.2, -0.15) is 0 Å². The summed E-state index contributed by atoms with van der Waals surface area (Å²) in [5, 5.41) is 0. The third-order valence-electron chi connectivity index (χ3n) is 3.50. The fourth-order valence-corrected chi connectivity index (χ4v) is 2.17. The topological polar surface area (TPSA) is 61.0 Å². The summed E-state index contributed by atoms with van der Waals surface area (Å²) in [6.45, 7) is 6.32. The summed E-state index contributed by atoms with van der Waals surface area (Å²) in [7, 11) is 0. The van der Waals surface area contributed by atoms with E-state index in [2.05, 4.69) is 29.9 Å². The van der Waals surface area contributed by atoms with Crippen LogP contribution in [0.4, 0.5) is 0 Å². The van der Waals surface area contributed by atoms with Gasteiger partial charge in [-0.1, -0.05) is 32.0 Å². The number of aromatic nitrogens is 2. The first kappa shape index (κ1) is 15.4. The molecule has 2 rings (SSSR count). The molecule has 4 heteroatoms. The Labute approximate surface area is 126 Å². The maximum absolute atomic E-state index is 5.84. The Balaban J connectivity index is 2.15. The van der Waals surface area contributed by atoms with Crippen molar-refractivity contribution in [2.45, 2.75) is 45.6 Å². The zero-order valence-corrected chi connectivity index (χ0v) is 12.9. The minimum atomic E-state index is 0.103. The van der Waals surface area contributed by atoms with E-state index < -0.39 is 0 Å². The molecular weight excluding hydrogens is 262 g/mol. The smallest absolute Gasteiger partial charge is 0.321 e. The molecular formula is C17H23N3O. The molecule has 2 aromatic rings. The van der Waals surface area contributed by atoms with Crippen LogP contribution in [-0.4, -0.2) is 16.0 Å². The van der Waals surface area contributed by atoms with Crippen LogP contribution in [0.25, 0.3) is 0 Å². The predicted octanol–water partition coefficient (Wildman–Crippen LogP) is 3.67. The Morgan fingerprint density at radius 3 is 2.43 bits per heavy atom. The molecule has 0 amide bonds. The molecule has 1 aromatic carbocycles. The Morgan fingerprint density at radius 1 is 1.14 bits per heavy atom. The molecule has 2 atom stereocenters. The first-order valence-electron chi connectivity index (χ1n) is 7.43. The first-order chi connectivity index (χ1) is 10.1. The number of hydrogen-bond acceptors (Lipinski definition) is 4. The maximum atomic E-state index is 5.84. The minimum absolute atomic E-state index is 0.103. The van der Waals surface area contributed by atoms with Gasteiger partial charge in [-0.3, -0.25) is 0 Å². The lowest BCUT2D eigenvalue weighted by atomic mass is 9.98. The SMILES string of the molecule is CCC(C)c1ccccc1Oc1ncc(CC(C)N)cn1. The average Bonchev–Trinajstić information content (AvgIpc) is 2.48. The van der Waals surface area contributed by atoms with Gasteiger partial charge in [-0.25, -0.2) is 9.97 Å². The Morgan fingerprint density at radius 2 is 1.81 bits per heavy atom. The van der Waals surface area contributed by atoms with Crippen LogP contribution in [0.2, 0.25) is 0 Å². The number of para-hydroxylation sites is 1. The fourth-order valence-electron chi connectivity index (χ4n) is 2.17. The van der Waals surface area contributed by atoms with Gasteiger partial charge in [0.15, 0.2) is 0 Å². The summed E-state index contributed by atoms with van der Waals surface area (Å²) in [6, 6.07) is 8.52. The molecule has 4 nitrogen and oxygen atoms in total. The van der Waals surface area contributed by atoms with Gasteiger partial charge in [0.1, 0.15) is 5.75 Å². The van der Waals surface area contributed by atoms with Crippen molar-refractivity contribution in [3.63, 3.8) is 0 Å². The van der Waals surface area contributed by atoms with Gasteiger partial charge >= 0.3 is 6.01 Å². The van der Waals surface area contributed by atoms with Crippen molar-refractivity contribution in [2.24, 2.45) is 5.73 Å². The quantitative estimate of drug-likeness (QED) is 0.879. The van der Waals surface area contributed by atoms with E-state index in [1.165, 1.54) is 5.56 Å². The minimum Gasteiger partial charge on any atom is -0.424 e. The summed E-state index contributed by atoms with van der Waals surface area (Å²) >= 11 is 0. The maximum Gasteiger partial charge on any atom is 0.321 e. The molecule has 2 unspecified atom stereocenters. The van der Waals surface area contributed by atoms with E-state index in [-0.39, 0.29) is 6.04 Å². The summed E-state index contributed by atoms with van der Waals surface area (Å²) in [4.78, 5) is 8.53. The Kier molecular flexibility index (Phi) is 5.28. The van der Waals surface area contributed by atoms with Gasteiger partial charge in [0.2, 0.25) is 0 Å². The first-order valence-corrected chi connectivity index (χ1v) is 7.43. The van der Waals surface area contributed by atoms with Gasteiger partial charge in [0.25, 0.3) is 0 Å². The van der Waals surface area contributed by atoms with Crippen LogP contribution in [0.1, 0.15) is 44.2 Å². The van der Waals surface area contributed by atoms with Crippen molar-refractivity contribution in [3.8, 4) is 11.8 Å². The highest BCUT2D eigenvalue weighted by Crippen LogP contribution is 2.30. The molecule has 0 aliphatic heterocycles. The lowest BCUT2D eigenvalue weighted by molar-refractivity contribution is 0.431. The van der Waals surface area contributed by atoms with Crippen LogP contribution in [0.3, 0.4) is 0 Å². The van der Waals surface area contributed by atoms with Crippen molar-refractivity contribution in [2.75, 3.05) is 0 Å². The van der Waals surface area contributed by atoms with Crippen LogP contribution >= 0.6 is 0 Å². The molecule has 0 aliphatic rings. The lowest BCUT2D eigenvalue weighted by Gasteiger charge is -2.14. The standard InChI is InChI=1S/C17H23N3O/c1-4-12(2)15-7-5-6-8-16(15)21-17-19-10-14(11-20-17)9-13(3)18/h5-8,10-13H,4,9,18H2,1-3H3. The van der Waals surface area contributed by atoms with E-state index in [9.17, 15) is 0 Å². The van der Waals surface area contributed by atoms with Gasteiger partial charge in [0, 0.05) is 18.4 Å². The second-order valence-corrected chi connectivity index (χ2v) is 5.50. The monoisotopic (exact) mass is 285 g/mol. The average molecular weight is 285 g/mol. The van der Waals surface area contributed by atoms with E-state index in [0.29, 0.717) is 11.9 Å². The number of nitrogens with two attached hydrogens (primary N) is 1. The Hall–Kier alpha value is -1.94. The molecule has 21 heavy (non-hydrogen) atoms. The number of rotatable bonds is 6. The number of benzene rings is 1. The van der Waals surface area contributed by atoms with E-state index in [1.54, 1.807) is 12.4 Å². The van der Waals surface area contributed by atoms with Crippen LogP contribution in [0.5, 0.6) is 11.8 Å². The molecule has 0 fully saturated rings. The number of ether oxygens (including phenoxy) is 1. The van der Waals surface area contributed by atoms with E-state index in [4.69, 9.17) is 10.5 Å². The molecule has 0 saturated heterocycles. The largest absolute Gasteiger partial charge is 0.424 e. The van der Waals surface area contributed by atoms with Crippen molar-refractivity contribution >= 4 is 0 Å². The van der Waals surface area contributed by atoms with E-state index in [0.717, 1.165) is 24.2 Å². The zero-order chi connectivity index (χ0) is 15.2. The summed E-state index contributed by atoms with van der Waals surface area (Å²) in [5.41, 5.74) is 7.97. The fraction of sp³-hybridized carbons (Fsp3) is 0.412. The third kappa shape index (κ3) is 4.26. The van der Waals surface area contributed by atoms with Gasteiger partial charge in [-0.15, -0.1) is 0 Å². The second kappa shape index (κ2) is 7.18. The van der Waals surface area contributed by atoms with Gasteiger partial charge in [0.05, 0.1) is 0 Å². The normalized spacial score (nSPS) is 13.7. The van der Waals surface area contributed by atoms with Crippen molar-refractivity contribution in [3.05, 3.63) is 47.8 Å². The van der Waals surface area contributed by atoms with Crippen molar-refractivity contribution in [1.29, 1.82) is 0 Å². The number of nitrogens with zero attached hydrogens (tertiary/aromatic N) is 2. The van der Waals surface area contributed by atoms with Crippen LogP contribution in [-0.2, 0) is 6.42 Å². The molecule has 0 aliphatic carbocycles. The highest BCUT2D eigenvalue weighted by Gasteiger charge is 2.11. The van der Waals surface area contributed by atoms with Crippen LogP contribution in [0, 0.1) is 0 Å². The summed E-state index contributed by atoms with van der Waals surface area (Å²) in [5.74, 6) is 1.27. The lowest BCUT2D eigenvalue weighted by Crippen LogP contribution is -2.18. The third-order valence-corrected chi connectivity index (χ3v) is 3.50. The van der Waals surface area contributed by atoms with Gasteiger partial charge < -0.3 is 10.5 Å². The molecule has 2 N–H and O–H groups in total. The number of hydrogen-bond donors (Lipinski definition) is 1. The summed E-state index contributed by atoms with van der Waals surface area (Å²) < 4.78 is 5.84. The molecule has 1 aromatic heterocycles. The van der Waals surface area contributed by atoms with Crippen molar-refractivity contribution in [1.82, 2.24) is 9.97 Å². The molecule has 0 saturated carbocycles.